The molecule has 1 fully saturated rings. The van der Waals surface area contributed by atoms with Crippen molar-refractivity contribution in [3.8, 4) is 0 Å². The summed E-state index contributed by atoms with van der Waals surface area (Å²) in [5.74, 6) is 2.73. The summed E-state index contributed by atoms with van der Waals surface area (Å²) in [6.07, 6.45) is 4.15. The lowest BCUT2D eigenvalue weighted by Crippen LogP contribution is -2.43. The fraction of sp³-hybridized carbons (Fsp3) is 0.550. The van der Waals surface area contributed by atoms with Crippen molar-refractivity contribution >= 4 is 18.3 Å². The number of fused-ring (bicyclic) bond motifs is 1. The lowest BCUT2D eigenvalue weighted by molar-refractivity contribution is -0.137. The van der Waals surface area contributed by atoms with E-state index in [1.54, 1.807) is 0 Å². The molecular weight excluding hydrogens is 362 g/mol. The molecular formula is C20H28ClN5O. The summed E-state index contributed by atoms with van der Waals surface area (Å²) in [7, 11) is 0. The van der Waals surface area contributed by atoms with Gasteiger partial charge in [-0.15, -0.1) is 22.6 Å². The van der Waals surface area contributed by atoms with Crippen LogP contribution in [0.4, 0.5) is 0 Å². The SMILES string of the molecule is C[C@H]1C(=O)N(CCc2ccccc2)Cc2nnc(CC3CCNCC3)n21.Cl. The Labute approximate surface area is 166 Å². The molecule has 0 unspecified atom stereocenters. The maximum Gasteiger partial charge on any atom is 0.245 e. The number of hydrogen-bond donors (Lipinski definition) is 1. The number of hydrogen-bond acceptors (Lipinski definition) is 4. The van der Waals surface area contributed by atoms with E-state index in [0.717, 1.165) is 44.1 Å². The Kier molecular flexibility index (Phi) is 6.50. The third-order valence-electron chi connectivity index (χ3n) is 5.67. The predicted octanol–water partition coefficient (Wildman–Crippen LogP) is 2.39. The van der Waals surface area contributed by atoms with Crippen LogP contribution in [0.5, 0.6) is 0 Å². The Hall–Kier alpha value is -1.92. The molecule has 7 heteroatoms. The second-order valence-corrected chi connectivity index (χ2v) is 7.47. The summed E-state index contributed by atoms with van der Waals surface area (Å²) >= 11 is 0. The molecule has 1 N–H and O–H groups in total. The standard InChI is InChI=1S/C20H27N5O.ClH/c1-15-20(26)24(12-9-16-5-3-2-4-6-16)14-19-23-22-18(25(15)19)13-17-7-10-21-11-8-17;/h2-6,15,17,21H,7-14H2,1H3;1H/t15-;/m0./s1. The molecule has 1 aromatic carbocycles. The number of nitrogens with one attached hydrogen (secondary N) is 1. The van der Waals surface area contributed by atoms with Gasteiger partial charge in [0.05, 0.1) is 6.54 Å². The van der Waals surface area contributed by atoms with E-state index in [-0.39, 0.29) is 24.4 Å². The number of carbonyl (C=O) groups excluding carboxylic acids is 1. The number of rotatable bonds is 5. The largest absolute Gasteiger partial charge is 0.333 e. The van der Waals surface area contributed by atoms with Gasteiger partial charge in [0.2, 0.25) is 5.91 Å². The molecule has 2 aliphatic rings. The van der Waals surface area contributed by atoms with Crippen LogP contribution in [0.2, 0.25) is 0 Å². The first-order chi connectivity index (χ1) is 12.7. The first-order valence-corrected chi connectivity index (χ1v) is 9.68. The van der Waals surface area contributed by atoms with Crippen molar-refractivity contribution in [3.05, 3.63) is 47.5 Å². The van der Waals surface area contributed by atoms with Crippen molar-refractivity contribution in [1.82, 2.24) is 25.0 Å². The van der Waals surface area contributed by atoms with Crippen LogP contribution >= 0.6 is 12.4 Å². The summed E-state index contributed by atoms with van der Waals surface area (Å²) in [4.78, 5) is 14.8. The average molecular weight is 390 g/mol. The lowest BCUT2D eigenvalue weighted by Gasteiger charge is -2.32. The zero-order valence-electron chi connectivity index (χ0n) is 15.8. The third kappa shape index (κ3) is 4.33. The van der Waals surface area contributed by atoms with Crippen LogP contribution in [0.15, 0.2) is 30.3 Å². The molecule has 2 aliphatic heterocycles. The first-order valence-electron chi connectivity index (χ1n) is 9.68. The van der Waals surface area contributed by atoms with Gasteiger partial charge in [-0.2, -0.15) is 0 Å². The summed E-state index contributed by atoms with van der Waals surface area (Å²) < 4.78 is 2.09. The fourth-order valence-electron chi connectivity index (χ4n) is 4.12. The molecule has 0 spiro atoms. The Bertz CT molecular complexity index is 757. The zero-order valence-corrected chi connectivity index (χ0v) is 16.6. The van der Waals surface area contributed by atoms with Crippen molar-refractivity contribution in [3.63, 3.8) is 0 Å². The second-order valence-electron chi connectivity index (χ2n) is 7.47. The van der Waals surface area contributed by atoms with Gasteiger partial charge in [0.1, 0.15) is 11.9 Å². The minimum Gasteiger partial charge on any atom is -0.333 e. The van der Waals surface area contributed by atoms with Gasteiger partial charge >= 0.3 is 0 Å². The third-order valence-corrected chi connectivity index (χ3v) is 5.67. The summed E-state index contributed by atoms with van der Waals surface area (Å²) in [6, 6.07) is 10.1. The molecule has 27 heavy (non-hydrogen) atoms. The molecule has 0 aliphatic carbocycles. The molecule has 1 saturated heterocycles. The number of aromatic nitrogens is 3. The van der Waals surface area contributed by atoms with Crippen LogP contribution in [0.3, 0.4) is 0 Å². The molecule has 0 saturated carbocycles. The van der Waals surface area contributed by atoms with E-state index in [2.05, 4.69) is 32.2 Å². The van der Waals surface area contributed by atoms with Crippen LogP contribution < -0.4 is 5.32 Å². The Balaban J connectivity index is 0.00000210. The van der Waals surface area contributed by atoms with Gasteiger partial charge < -0.3 is 14.8 Å². The van der Waals surface area contributed by atoms with Crippen LogP contribution in [-0.4, -0.2) is 45.2 Å². The molecule has 0 radical (unpaired) electrons. The van der Waals surface area contributed by atoms with Crippen molar-refractivity contribution in [2.24, 2.45) is 5.92 Å². The quantitative estimate of drug-likeness (QED) is 0.852. The van der Waals surface area contributed by atoms with Crippen LogP contribution in [0.25, 0.3) is 0 Å². The van der Waals surface area contributed by atoms with Crippen molar-refractivity contribution in [2.45, 2.75) is 45.2 Å². The topological polar surface area (TPSA) is 63.1 Å². The van der Waals surface area contributed by atoms with E-state index >= 15 is 0 Å². The molecule has 4 rings (SSSR count). The lowest BCUT2D eigenvalue weighted by atomic mass is 9.94. The van der Waals surface area contributed by atoms with Gasteiger partial charge in [0.25, 0.3) is 0 Å². The van der Waals surface area contributed by atoms with Gasteiger partial charge in [-0.25, -0.2) is 0 Å². The normalized spacial score (nSPS) is 20.3. The molecule has 2 aromatic rings. The Morgan fingerprint density at radius 3 is 2.63 bits per heavy atom. The van der Waals surface area contributed by atoms with Crippen LogP contribution in [-0.2, 0) is 24.2 Å². The van der Waals surface area contributed by atoms with Crippen molar-refractivity contribution in [2.75, 3.05) is 19.6 Å². The van der Waals surface area contributed by atoms with E-state index in [1.165, 1.54) is 18.4 Å². The van der Waals surface area contributed by atoms with Crippen molar-refractivity contribution in [1.29, 1.82) is 0 Å². The van der Waals surface area contributed by atoms with Gasteiger partial charge in [0.15, 0.2) is 5.82 Å². The molecule has 1 amide bonds. The molecule has 6 nitrogen and oxygen atoms in total. The number of piperidine rings is 1. The van der Waals surface area contributed by atoms with E-state index in [0.29, 0.717) is 12.5 Å². The van der Waals surface area contributed by atoms with Gasteiger partial charge in [-0.1, -0.05) is 30.3 Å². The van der Waals surface area contributed by atoms with E-state index in [9.17, 15) is 4.79 Å². The summed E-state index contributed by atoms with van der Waals surface area (Å²) in [6.45, 7) is 5.43. The maximum absolute atomic E-state index is 12.9. The maximum atomic E-state index is 12.9. The molecule has 3 heterocycles. The van der Waals surface area contributed by atoms with Crippen molar-refractivity contribution < 1.29 is 4.79 Å². The highest BCUT2D eigenvalue weighted by Gasteiger charge is 2.33. The predicted molar refractivity (Wildman–Crippen MR) is 107 cm³/mol. The second kappa shape index (κ2) is 8.85. The van der Waals surface area contributed by atoms with Gasteiger partial charge in [0, 0.05) is 13.0 Å². The zero-order chi connectivity index (χ0) is 17.9. The number of benzene rings is 1. The monoisotopic (exact) mass is 389 g/mol. The average Bonchev–Trinajstić information content (AvgIpc) is 3.08. The van der Waals surface area contributed by atoms with E-state index < -0.39 is 0 Å². The smallest absolute Gasteiger partial charge is 0.245 e. The highest BCUT2D eigenvalue weighted by molar-refractivity contribution is 5.85. The Morgan fingerprint density at radius 1 is 1.15 bits per heavy atom. The van der Waals surface area contributed by atoms with Crippen LogP contribution in [0.1, 0.15) is 43.0 Å². The minimum atomic E-state index is -0.207. The Morgan fingerprint density at radius 2 is 1.89 bits per heavy atom. The van der Waals surface area contributed by atoms with Crippen LogP contribution in [0, 0.1) is 5.92 Å². The molecule has 1 aromatic heterocycles. The summed E-state index contributed by atoms with van der Waals surface area (Å²) in [5.41, 5.74) is 1.26. The van der Waals surface area contributed by atoms with Gasteiger partial charge in [-0.3, -0.25) is 4.79 Å². The summed E-state index contributed by atoms with van der Waals surface area (Å²) in [5, 5.41) is 12.3. The van der Waals surface area contributed by atoms with E-state index in [1.807, 2.05) is 30.0 Å². The van der Waals surface area contributed by atoms with Gasteiger partial charge in [-0.05, 0) is 50.8 Å². The molecule has 1 atom stereocenters. The number of nitrogens with zero attached hydrogens (tertiary/aromatic N) is 4. The number of halogens is 1. The molecule has 146 valence electrons. The first kappa shape index (κ1) is 19.8. The van der Waals surface area contributed by atoms with E-state index in [4.69, 9.17) is 0 Å². The highest BCUT2D eigenvalue weighted by atomic mass is 35.5. The molecule has 0 bridgehead atoms. The minimum absolute atomic E-state index is 0. The highest BCUT2D eigenvalue weighted by Crippen LogP contribution is 2.26. The number of amides is 1. The number of carbonyl (C=O) groups is 1. The fourth-order valence-corrected chi connectivity index (χ4v) is 4.12.